The normalized spacial score (nSPS) is 10.8. The van der Waals surface area contributed by atoms with E-state index in [4.69, 9.17) is 0 Å². The number of nitrogens with zero attached hydrogens (tertiary/aromatic N) is 4. The Morgan fingerprint density at radius 3 is 3.05 bits per heavy atom. The van der Waals surface area contributed by atoms with Crippen molar-refractivity contribution < 1.29 is 0 Å². The van der Waals surface area contributed by atoms with Crippen molar-refractivity contribution in [3.8, 4) is 0 Å². The van der Waals surface area contributed by atoms with Gasteiger partial charge in [0.25, 0.3) is 0 Å². The zero-order valence-corrected chi connectivity index (χ0v) is 11.8. The molecular formula is C12H11N5S2. The van der Waals surface area contributed by atoms with Crippen LogP contribution in [0.25, 0.3) is 10.9 Å². The van der Waals surface area contributed by atoms with Crippen molar-refractivity contribution in [2.45, 2.75) is 10.8 Å². The SMILES string of the molecule is CNc1snnc1CSc1ncnc2ccccc12. The molecule has 19 heavy (non-hydrogen) atoms. The van der Waals surface area contributed by atoms with Crippen molar-refractivity contribution in [2.75, 3.05) is 12.4 Å². The van der Waals surface area contributed by atoms with Crippen LogP contribution in [-0.2, 0) is 5.75 Å². The van der Waals surface area contributed by atoms with Gasteiger partial charge in [-0.2, -0.15) is 0 Å². The largest absolute Gasteiger partial charge is 0.377 e. The zero-order chi connectivity index (χ0) is 13.1. The van der Waals surface area contributed by atoms with E-state index in [0.29, 0.717) is 0 Å². The molecule has 0 atom stereocenters. The summed E-state index contributed by atoms with van der Waals surface area (Å²) in [4.78, 5) is 8.61. The van der Waals surface area contributed by atoms with Gasteiger partial charge in [-0.05, 0) is 6.07 Å². The molecule has 0 amide bonds. The smallest absolute Gasteiger partial charge is 0.133 e. The first-order valence-electron chi connectivity index (χ1n) is 5.70. The molecule has 3 aromatic rings. The highest BCUT2D eigenvalue weighted by atomic mass is 32.2. The number of anilines is 1. The summed E-state index contributed by atoms with van der Waals surface area (Å²) < 4.78 is 3.95. The Morgan fingerprint density at radius 1 is 1.26 bits per heavy atom. The third-order valence-electron chi connectivity index (χ3n) is 2.63. The third-order valence-corrected chi connectivity index (χ3v) is 4.44. The lowest BCUT2D eigenvalue weighted by molar-refractivity contribution is 1.06. The Labute approximate surface area is 118 Å². The highest BCUT2D eigenvalue weighted by Gasteiger charge is 2.09. The second-order valence-electron chi connectivity index (χ2n) is 3.78. The quantitative estimate of drug-likeness (QED) is 0.588. The monoisotopic (exact) mass is 289 g/mol. The first-order chi connectivity index (χ1) is 9.38. The van der Waals surface area contributed by atoms with E-state index >= 15 is 0 Å². The molecule has 0 fully saturated rings. The predicted octanol–water partition coefficient (Wildman–Crippen LogP) is 2.82. The summed E-state index contributed by atoms with van der Waals surface area (Å²) in [6.07, 6.45) is 1.60. The number of thioether (sulfide) groups is 1. The Morgan fingerprint density at radius 2 is 2.16 bits per heavy atom. The van der Waals surface area contributed by atoms with Gasteiger partial charge >= 0.3 is 0 Å². The van der Waals surface area contributed by atoms with Crippen molar-refractivity contribution in [1.82, 2.24) is 19.6 Å². The number of benzene rings is 1. The van der Waals surface area contributed by atoms with Gasteiger partial charge < -0.3 is 5.32 Å². The molecule has 0 aliphatic heterocycles. The third kappa shape index (κ3) is 2.52. The second kappa shape index (κ2) is 5.50. The summed E-state index contributed by atoms with van der Waals surface area (Å²) in [5, 5.41) is 10.3. The van der Waals surface area contributed by atoms with Crippen molar-refractivity contribution >= 4 is 39.2 Å². The molecule has 5 nitrogen and oxygen atoms in total. The van der Waals surface area contributed by atoms with Crippen LogP contribution in [0.1, 0.15) is 5.69 Å². The van der Waals surface area contributed by atoms with Gasteiger partial charge in [0, 0.05) is 29.7 Å². The van der Waals surface area contributed by atoms with Crippen molar-refractivity contribution in [3.05, 3.63) is 36.3 Å². The minimum absolute atomic E-state index is 0.744. The molecule has 0 bridgehead atoms. The number of nitrogens with one attached hydrogen (secondary N) is 1. The molecule has 2 aromatic heterocycles. The molecule has 0 aliphatic rings. The molecule has 0 spiro atoms. The molecule has 2 heterocycles. The van der Waals surface area contributed by atoms with E-state index < -0.39 is 0 Å². The van der Waals surface area contributed by atoms with Gasteiger partial charge in [-0.15, -0.1) is 5.10 Å². The van der Waals surface area contributed by atoms with E-state index in [1.807, 2.05) is 31.3 Å². The maximum Gasteiger partial charge on any atom is 0.133 e. The van der Waals surface area contributed by atoms with Crippen molar-refractivity contribution in [3.63, 3.8) is 0 Å². The fourth-order valence-electron chi connectivity index (χ4n) is 1.72. The number of para-hydroxylation sites is 1. The first kappa shape index (κ1) is 12.3. The molecule has 3 rings (SSSR count). The summed E-state index contributed by atoms with van der Waals surface area (Å²) in [6, 6.07) is 8.01. The number of hydrogen-bond donors (Lipinski definition) is 1. The highest BCUT2D eigenvalue weighted by Crippen LogP contribution is 2.29. The Hall–Kier alpha value is -1.73. The maximum absolute atomic E-state index is 4.35. The van der Waals surface area contributed by atoms with E-state index in [9.17, 15) is 0 Å². The lowest BCUT2D eigenvalue weighted by atomic mass is 10.2. The van der Waals surface area contributed by atoms with E-state index in [-0.39, 0.29) is 0 Å². The minimum atomic E-state index is 0.744. The lowest BCUT2D eigenvalue weighted by Gasteiger charge is -2.04. The van der Waals surface area contributed by atoms with Crippen LogP contribution in [-0.4, -0.2) is 26.6 Å². The molecule has 7 heteroatoms. The van der Waals surface area contributed by atoms with Crippen LogP contribution in [0.3, 0.4) is 0 Å². The molecule has 1 aromatic carbocycles. The maximum atomic E-state index is 4.35. The van der Waals surface area contributed by atoms with E-state index in [1.165, 1.54) is 11.5 Å². The predicted molar refractivity (Wildman–Crippen MR) is 78.6 cm³/mol. The number of hydrogen-bond acceptors (Lipinski definition) is 7. The molecule has 0 aliphatic carbocycles. The second-order valence-corrected chi connectivity index (χ2v) is 5.50. The van der Waals surface area contributed by atoms with Crippen molar-refractivity contribution in [1.29, 1.82) is 0 Å². The Kier molecular flexibility index (Phi) is 3.56. The van der Waals surface area contributed by atoms with Crippen molar-refractivity contribution in [2.24, 2.45) is 0 Å². The first-order valence-corrected chi connectivity index (χ1v) is 7.46. The van der Waals surface area contributed by atoms with Crippen LogP contribution < -0.4 is 5.32 Å². The molecule has 0 saturated carbocycles. The Balaban J connectivity index is 1.86. The van der Waals surface area contributed by atoms with Crippen LogP contribution in [0, 0.1) is 0 Å². The summed E-state index contributed by atoms with van der Waals surface area (Å²) in [7, 11) is 1.88. The molecule has 0 unspecified atom stereocenters. The average Bonchev–Trinajstić information content (AvgIpc) is 2.92. The van der Waals surface area contributed by atoms with Crippen LogP contribution in [0.2, 0.25) is 0 Å². The van der Waals surface area contributed by atoms with Gasteiger partial charge in [0.1, 0.15) is 22.0 Å². The fourth-order valence-corrected chi connectivity index (χ4v) is 3.27. The Bertz CT molecular complexity index is 692. The summed E-state index contributed by atoms with van der Waals surface area (Å²) in [5.41, 5.74) is 1.92. The van der Waals surface area contributed by atoms with Crippen LogP contribution in [0.4, 0.5) is 5.00 Å². The minimum Gasteiger partial charge on any atom is -0.377 e. The summed E-state index contributed by atoms with van der Waals surface area (Å²) in [5.74, 6) is 0.744. The van der Waals surface area contributed by atoms with Gasteiger partial charge in [-0.25, -0.2) is 9.97 Å². The summed E-state index contributed by atoms with van der Waals surface area (Å²) >= 11 is 3.02. The zero-order valence-electron chi connectivity index (χ0n) is 10.2. The highest BCUT2D eigenvalue weighted by molar-refractivity contribution is 7.98. The molecular weight excluding hydrogens is 278 g/mol. The molecule has 1 N–H and O–H groups in total. The van der Waals surface area contributed by atoms with Gasteiger partial charge in [-0.1, -0.05) is 34.4 Å². The van der Waals surface area contributed by atoms with Crippen LogP contribution >= 0.6 is 23.3 Å². The number of fused-ring (bicyclic) bond motifs is 1. The van der Waals surface area contributed by atoms with E-state index in [2.05, 4.69) is 24.9 Å². The molecule has 0 radical (unpaired) electrons. The lowest BCUT2D eigenvalue weighted by Crippen LogP contribution is -1.92. The fraction of sp³-hybridized carbons (Fsp3) is 0.167. The topological polar surface area (TPSA) is 63.6 Å². The number of rotatable bonds is 4. The number of aromatic nitrogens is 4. The van der Waals surface area contributed by atoms with Crippen LogP contribution in [0.5, 0.6) is 0 Å². The molecule has 0 saturated heterocycles. The van der Waals surface area contributed by atoms with Gasteiger partial charge in [0.05, 0.1) is 5.52 Å². The van der Waals surface area contributed by atoms with Gasteiger partial charge in [0.15, 0.2) is 0 Å². The molecule has 96 valence electrons. The van der Waals surface area contributed by atoms with Gasteiger partial charge in [-0.3, -0.25) is 0 Å². The van der Waals surface area contributed by atoms with Crippen LogP contribution in [0.15, 0.2) is 35.6 Å². The standard InChI is InChI=1S/C12H11N5S2/c1-13-12-10(16-17-19-12)6-18-11-8-4-2-3-5-9(8)14-7-15-11/h2-5,7,13H,6H2,1H3. The van der Waals surface area contributed by atoms with Gasteiger partial charge in [0.2, 0.25) is 0 Å². The van der Waals surface area contributed by atoms with E-state index in [0.717, 1.165) is 32.4 Å². The van der Waals surface area contributed by atoms with E-state index in [1.54, 1.807) is 18.1 Å². The summed E-state index contributed by atoms with van der Waals surface area (Å²) in [6.45, 7) is 0. The average molecular weight is 289 g/mol.